The molecule has 0 saturated carbocycles. The number of carboxylic acids is 1. The molecule has 0 spiro atoms. The van der Waals surface area contributed by atoms with E-state index in [-0.39, 0.29) is 12.1 Å². The zero-order valence-electron chi connectivity index (χ0n) is 13.9. The molecule has 2 atom stereocenters. The fourth-order valence-electron chi connectivity index (χ4n) is 2.76. The molecule has 6 nitrogen and oxygen atoms in total. The summed E-state index contributed by atoms with van der Waals surface area (Å²) in [6, 6.07) is 12.2. The average Bonchev–Trinajstić information content (AvgIpc) is 3.03. The number of halogens is 2. The molecule has 0 fully saturated rings. The number of carbonyl (C=O) groups is 2. The zero-order valence-corrected chi connectivity index (χ0v) is 15.5. The van der Waals surface area contributed by atoms with Gasteiger partial charge in [0.15, 0.2) is 6.04 Å². The molecule has 0 aliphatic carbocycles. The number of H-pyrrole nitrogens is 1. The summed E-state index contributed by atoms with van der Waals surface area (Å²) in [7, 11) is 0. The molecule has 0 unspecified atom stereocenters. The van der Waals surface area contributed by atoms with Crippen LogP contribution in [0.25, 0.3) is 10.9 Å². The van der Waals surface area contributed by atoms with Crippen LogP contribution in [-0.4, -0.2) is 39.2 Å². The number of aromatic amines is 1. The monoisotopic (exact) mass is 406 g/mol. The molecule has 0 saturated heterocycles. The molecule has 27 heavy (non-hydrogen) atoms. The molecule has 4 N–H and O–H groups in total. The molecule has 0 aliphatic heterocycles. The van der Waals surface area contributed by atoms with Crippen molar-refractivity contribution in [3.05, 3.63) is 69.8 Å². The van der Waals surface area contributed by atoms with Crippen molar-refractivity contribution in [1.82, 2.24) is 10.3 Å². The van der Waals surface area contributed by atoms with Crippen LogP contribution in [0, 0.1) is 0 Å². The van der Waals surface area contributed by atoms with Crippen LogP contribution in [0.4, 0.5) is 0 Å². The number of aliphatic hydroxyl groups is 1. The number of aliphatic hydroxyl groups excluding tert-OH is 1. The second-order valence-electron chi connectivity index (χ2n) is 6.08. The minimum atomic E-state index is -1.46. The Balaban J connectivity index is 1.78. The highest BCUT2D eigenvalue weighted by molar-refractivity contribution is 6.42. The number of amides is 1. The first-order valence-corrected chi connectivity index (χ1v) is 8.84. The lowest BCUT2D eigenvalue weighted by molar-refractivity contribution is -0.142. The summed E-state index contributed by atoms with van der Waals surface area (Å²) < 4.78 is 0. The third-order valence-corrected chi connectivity index (χ3v) is 4.85. The van der Waals surface area contributed by atoms with Crippen molar-refractivity contribution in [3.63, 3.8) is 0 Å². The van der Waals surface area contributed by atoms with Crippen molar-refractivity contribution in [3.8, 4) is 0 Å². The third kappa shape index (κ3) is 4.42. The van der Waals surface area contributed by atoms with Gasteiger partial charge in [-0.25, -0.2) is 4.79 Å². The topological polar surface area (TPSA) is 102 Å². The van der Waals surface area contributed by atoms with Crippen molar-refractivity contribution in [2.24, 2.45) is 0 Å². The Morgan fingerprint density at radius 3 is 2.41 bits per heavy atom. The number of benzene rings is 2. The number of fused-ring (bicyclic) bond motifs is 1. The number of aromatic nitrogens is 1. The van der Waals surface area contributed by atoms with Crippen molar-refractivity contribution in [2.75, 3.05) is 0 Å². The number of carboxylic acid groups (broad SMARTS) is 1. The van der Waals surface area contributed by atoms with Crippen LogP contribution in [0.15, 0.2) is 48.5 Å². The molecule has 0 bridgehead atoms. The molecule has 1 aromatic heterocycles. The highest BCUT2D eigenvalue weighted by atomic mass is 35.5. The Bertz CT molecular complexity index is 949. The van der Waals surface area contributed by atoms with Crippen LogP contribution in [0.2, 0.25) is 10.0 Å². The molecular formula is C19H16Cl2N2O4. The summed E-state index contributed by atoms with van der Waals surface area (Å²) in [5, 5.41) is 23.4. The Labute approximate surface area is 164 Å². The van der Waals surface area contributed by atoms with E-state index in [4.69, 9.17) is 23.2 Å². The molecule has 1 amide bonds. The van der Waals surface area contributed by atoms with Gasteiger partial charge in [0.25, 0.3) is 5.91 Å². The van der Waals surface area contributed by atoms with E-state index >= 15 is 0 Å². The summed E-state index contributed by atoms with van der Waals surface area (Å²) in [6.07, 6.45) is -1.20. The quantitative estimate of drug-likeness (QED) is 0.504. The summed E-state index contributed by atoms with van der Waals surface area (Å²) in [6.45, 7) is 0. The third-order valence-electron chi connectivity index (χ3n) is 4.13. The maximum Gasteiger partial charge on any atom is 0.328 e. The van der Waals surface area contributed by atoms with Gasteiger partial charge in [-0.05, 0) is 23.8 Å². The lowest BCUT2D eigenvalue weighted by Gasteiger charge is -2.20. The molecule has 0 radical (unpaired) electrons. The maximum atomic E-state index is 12.5. The number of carbonyl (C=O) groups excluding carboxylic acids is 1. The van der Waals surface area contributed by atoms with Gasteiger partial charge in [0.1, 0.15) is 5.69 Å². The number of hydrogen-bond acceptors (Lipinski definition) is 3. The smallest absolute Gasteiger partial charge is 0.328 e. The van der Waals surface area contributed by atoms with Crippen molar-refractivity contribution in [2.45, 2.75) is 18.6 Å². The SMILES string of the molecule is O=C(N[C@@H](C(=O)O)[C@@H](O)Cc1ccccc1)c1cc2cc(Cl)c(Cl)cc2[nH]1. The summed E-state index contributed by atoms with van der Waals surface area (Å²) in [4.78, 5) is 26.9. The Morgan fingerprint density at radius 2 is 1.74 bits per heavy atom. The second-order valence-corrected chi connectivity index (χ2v) is 6.90. The van der Waals surface area contributed by atoms with Gasteiger partial charge in [-0.2, -0.15) is 0 Å². The molecule has 1 heterocycles. The number of nitrogens with one attached hydrogen (secondary N) is 2. The summed E-state index contributed by atoms with van der Waals surface area (Å²) >= 11 is 11.9. The number of rotatable bonds is 6. The first-order valence-electron chi connectivity index (χ1n) is 8.08. The van der Waals surface area contributed by atoms with Crippen molar-refractivity contribution < 1.29 is 19.8 Å². The van der Waals surface area contributed by atoms with Gasteiger partial charge in [-0.15, -0.1) is 0 Å². The van der Waals surface area contributed by atoms with Crippen LogP contribution in [0.5, 0.6) is 0 Å². The molecule has 3 rings (SSSR count). The number of aliphatic carboxylic acids is 1. The zero-order chi connectivity index (χ0) is 19.6. The Morgan fingerprint density at radius 1 is 1.07 bits per heavy atom. The lowest BCUT2D eigenvalue weighted by Crippen LogP contribution is -2.49. The van der Waals surface area contributed by atoms with Crippen LogP contribution in [0.1, 0.15) is 16.1 Å². The Hall–Kier alpha value is -2.54. The lowest BCUT2D eigenvalue weighted by atomic mass is 10.0. The summed E-state index contributed by atoms with van der Waals surface area (Å²) in [5.74, 6) is -1.98. The summed E-state index contributed by atoms with van der Waals surface area (Å²) in [5.41, 5.74) is 1.49. The normalized spacial score (nSPS) is 13.3. The standard InChI is InChI=1S/C19H16Cl2N2O4/c20-12-7-11-8-15(22-14(11)9-13(12)21)18(25)23-17(19(26)27)16(24)6-10-4-2-1-3-5-10/h1-5,7-9,16-17,22,24H,6H2,(H,23,25)(H,26,27)/t16-,17+/m0/s1. The van der Waals surface area contributed by atoms with Gasteiger partial charge in [0.2, 0.25) is 0 Å². The number of hydrogen-bond donors (Lipinski definition) is 4. The van der Waals surface area contributed by atoms with Gasteiger partial charge < -0.3 is 20.5 Å². The van der Waals surface area contributed by atoms with E-state index in [1.54, 1.807) is 36.4 Å². The van der Waals surface area contributed by atoms with Gasteiger partial charge in [0, 0.05) is 17.3 Å². The van der Waals surface area contributed by atoms with Crippen LogP contribution in [0.3, 0.4) is 0 Å². The minimum absolute atomic E-state index is 0.0933. The fraction of sp³-hybridized carbons (Fsp3) is 0.158. The van der Waals surface area contributed by atoms with E-state index in [9.17, 15) is 19.8 Å². The first kappa shape index (κ1) is 19.2. The first-order chi connectivity index (χ1) is 12.8. The molecule has 2 aromatic carbocycles. The molecule has 8 heteroatoms. The van der Waals surface area contributed by atoms with Crippen LogP contribution in [-0.2, 0) is 11.2 Å². The molecular weight excluding hydrogens is 391 g/mol. The van der Waals surface area contributed by atoms with E-state index in [2.05, 4.69) is 10.3 Å². The van der Waals surface area contributed by atoms with E-state index in [1.165, 1.54) is 6.07 Å². The van der Waals surface area contributed by atoms with Gasteiger partial charge in [-0.1, -0.05) is 53.5 Å². The predicted molar refractivity (Wildman–Crippen MR) is 103 cm³/mol. The highest BCUT2D eigenvalue weighted by Crippen LogP contribution is 2.28. The van der Waals surface area contributed by atoms with E-state index in [1.807, 2.05) is 6.07 Å². The molecule has 140 valence electrons. The van der Waals surface area contributed by atoms with Gasteiger partial charge >= 0.3 is 5.97 Å². The van der Waals surface area contributed by atoms with Gasteiger partial charge in [0.05, 0.1) is 16.1 Å². The molecule has 3 aromatic rings. The molecule has 0 aliphatic rings. The minimum Gasteiger partial charge on any atom is -0.480 e. The second kappa shape index (κ2) is 8.00. The van der Waals surface area contributed by atoms with Gasteiger partial charge in [-0.3, -0.25) is 4.79 Å². The average molecular weight is 407 g/mol. The van der Waals surface area contributed by atoms with Crippen molar-refractivity contribution >= 4 is 46.0 Å². The van der Waals surface area contributed by atoms with E-state index < -0.39 is 24.0 Å². The largest absolute Gasteiger partial charge is 0.480 e. The highest BCUT2D eigenvalue weighted by Gasteiger charge is 2.29. The van der Waals surface area contributed by atoms with Crippen molar-refractivity contribution in [1.29, 1.82) is 0 Å². The maximum absolute atomic E-state index is 12.5. The predicted octanol–water partition coefficient (Wildman–Crippen LogP) is 3.26. The van der Waals surface area contributed by atoms with Crippen LogP contribution >= 0.6 is 23.2 Å². The van der Waals surface area contributed by atoms with E-state index in [0.717, 1.165) is 5.56 Å². The Kier molecular flexibility index (Phi) is 5.70. The van der Waals surface area contributed by atoms with Crippen LogP contribution < -0.4 is 5.32 Å². The van der Waals surface area contributed by atoms with E-state index in [0.29, 0.717) is 20.9 Å². The fourth-order valence-corrected chi connectivity index (χ4v) is 3.10.